The van der Waals surface area contributed by atoms with Crippen molar-refractivity contribution in [2.45, 2.75) is 45.7 Å². The molecule has 1 aromatic carbocycles. The minimum atomic E-state index is 0.709. The van der Waals surface area contributed by atoms with Crippen LogP contribution < -0.4 is 15.5 Å². The standard InChI is InChI=1S/C22H31N5/c1-18-8-7-9-19(14-18)15-25-22(23-2)26-17-20-10-11-21(24-16-20)27-12-5-3-4-6-13-27/h7-11,14,16H,3-6,12-13,15,17H2,1-2H3,(H2,23,25,26). The number of rotatable bonds is 5. The van der Waals surface area contributed by atoms with E-state index in [0.29, 0.717) is 6.54 Å². The second-order valence-corrected chi connectivity index (χ2v) is 7.19. The lowest BCUT2D eigenvalue weighted by atomic mass is 10.1. The molecule has 1 aromatic heterocycles. The van der Waals surface area contributed by atoms with Gasteiger partial charge in [0.05, 0.1) is 0 Å². The number of anilines is 1. The molecule has 27 heavy (non-hydrogen) atoms. The molecular formula is C22H31N5. The van der Waals surface area contributed by atoms with Gasteiger partial charge in [-0.15, -0.1) is 0 Å². The quantitative estimate of drug-likeness (QED) is 0.627. The van der Waals surface area contributed by atoms with E-state index in [1.54, 1.807) is 7.05 Å². The summed E-state index contributed by atoms with van der Waals surface area (Å²) in [4.78, 5) is 11.4. The molecule has 2 N–H and O–H groups in total. The predicted octanol–water partition coefficient (Wildman–Crippen LogP) is 3.64. The van der Waals surface area contributed by atoms with E-state index in [4.69, 9.17) is 0 Å². The largest absolute Gasteiger partial charge is 0.357 e. The lowest BCUT2D eigenvalue weighted by molar-refractivity contribution is 0.726. The highest BCUT2D eigenvalue weighted by atomic mass is 15.2. The summed E-state index contributed by atoms with van der Waals surface area (Å²) in [6.45, 7) is 5.83. The van der Waals surface area contributed by atoms with Crippen LogP contribution in [0.15, 0.2) is 47.6 Å². The van der Waals surface area contributed by atoms with Crippen LogP contribution in [0.25, 0.3) is 0 Å². The third-order valence-electron chi connectivity index (χ3n) is 4.97. The van der Waals surface area contributed by atoms with Gasteiger partial charge in [0.15, 0.2) is 5.96 Å². The number of hydrogen-bond acceptors (Lipinski definition) is 3. The molecule has 1 aliphatic heterocycles. The van der Waals surface area contributed by atoms with Gasteiger partial charge in [0, 0.05) is 39.4 Å². The summed E-state index contributed by atoms with van der Waals surface area (Å²) in [6, 6.07) is 12.8. The molecule has 144 valence electrons. The molecule has 0 bridgehead atoms. The van der Waals surface area contributed by atoms with Crippen molar-refractivity contribution in [3.63, 3.8) is 0 Å². The number of guanidine groups is 1. The van der Waals surface area contributed by atoms with Gasteiger partial charge in [-0.25, -0.2) is 4.98 Å². The molecule has 0 saturated carbocycles. The number of nitrogens with one attached hydrogen (secondary N) is 2. The summed E-state index contributed by atoms with van der Waals surface area (Å²) in [6.07, 6.45) is 7.20. The van der Waals surface area contributed by atoms with Crippen molar-refractivity contribution in [3.05, 3.63) is 59.3 Å². The van der Waals surface area contributed by atoms with Crippen LogP contribution in [0.1, 0.15) is 42.4 Å². The zero-order valence-electron chi connectivity index (χ0n) is 16.5. The Morgan fingerprint density at radius 2 is 1.74 bits per heavy atom. The Hall–Kier alpha value is -2.56. The van der Waals surface area contributed by atoms with Crippen LogP contribution in [-0.2, 0) is 13.1 Å². The summed E-state index contributed by atoms with van der Waals surface area (Å²) in [7, 11) is 1.80. The lowest BCUT2D eigenvalue weighted by Gasteiger charge is -2.21. The second kappa shape index (κ2) is 9.95. The predicted molar refractivity (Wildman–Crippen MR) is 113 cm³/mol. The molecule has 0 spiro atoms. The van der Waals surface area contributed by atoms with Crippen molar-refractivity contribution in [3.8, 4) is 0 Å². The molecule has 5 heteroatoms. The van der Waals surface area contributed by atoms with Crippen molar-refractivity contribution in [1.29, 1.82) is 0 Å². The van der Waals surface area contributed by atoms with E-state index >= 15 is 0 Å². The van der Waals surface area contributed by atoms with E-state index < -0.39 is 0 Å². The Balaban J connectivity index is 1.49. The number of aliphatic imine (C=N–C) groups is 1. The van der Waals surface area contributed by atoms with Crippen molar-refractivity contribution in [2.75, 3.05) is 25.0 Å². The molecule has 3 rings (SSSR count). The molecular weight excluding hydrogens is 334 g/mol. The fourth-order valence-electron chi connectivity index (χ4n) is 3.42. The number of hydrogen-bond donors (Lipinski definition) is 2. The topological polar surface area (TPSA) is 52.6 Å². The van der Waals surface area contributed by atoms with Gasteiger partial charge >= 0.3 is 0 Å². The third-order valence-corrected chi connectivity index (χ3v) is 4.97. The van der Waals surface area contributed by atoms with Gasteiger partial charge in [-0.05, 0) is 37.0 Å². The first-order valence-electron chi connectivity index (χ1n) is 9.94. The molecule has 2 heterocycles. The minimum absolute atomic E-state index is 0.709. The molecule has 0 aliphatic carbocycles. The highest BCUT2D eigenvalue weighted by Crippen LogP contribution is 2.17. The molecule has 1 aliphatic rings. The molecule has 5 nitrogen and oxygen atoms in total. The zero-order chi connectivity index (χ0) is 18.9. The monoisotopic (exact) mass is 365 g/mol. The molecule has 0 unspecified atom stereocenters. The molecule has 0 radical (unpaired) electrons. The first-order chi connectivity index (χ1) is 13.2. The third kappa shape index (κ3) is 5.98. The second-order valence-electron chi connectivity index (χ2n) is 7.19. The Bertz CT molecular complexity index is 731. The molecule has 1 saturated heterocycles. The van der Waals surface area contributed by atoms with Gasteiger partial charge in [-0.1, -0.05) is 48.7 Å². The molecule has 1 fully saturated rings. The number of aryl methyl sites for hydroxylation is 1. The maximum Gasteiger partial charge on any atom is 0.191 e. The van der Waals surface area contributed by atoms with Crippen molar-refractivity contribution < 1.29 is 0 Å². The van der Waals surface area contributed by atoms with E-state index in [0.717, 1.165) is 37.0 Å². The Morgan fingerprint density at radius 3 is 2.37 bits per heavy atom. The highest BCUT2D eigenvalue weighted by molar-refractivity contribution is 5.79. The van der Waals surface area contributed by atoms with Crippen LogP contribution in [-0.4, -0.2) is 31.1 Å². The average molecular weight is 366 g/mol. The van der Waals surface area contributed by atoms with Crippen LogP contribution in [0.5, 0.6) is 0 Å². The van der Waals surface area contributed by atoms with Crippen molar-refractivity contribution in [1.82, 2.24) is 15.6 Å². The molecule has 0 atom stereocenters. The van der Waals surface area contributed by atoms with Gasteiger partial charge in [-0.3, -0.25) is 4.99 Å². The average Bonchev–Trinajstić information content (AvgIpc) is 2.98. The summed E-state index contributed by atoms with van der Waals surface area (Å²) in [5, 5.41) is 6.73. The molecule has 0 amide bonds. The summed E-state index contributed by atoms with van der Waals surface area (Å²) in [5.74, 6) is 1.90. The normalized spacial score (nSPS) is 15.3. The lowest BCUT2D eigenvalue weighted by Crippen LogP contribution is -2.36. The Morgan fingerprint density at radius 1 is 1.00 bits per heavy atom. The Labute approximate surface area is 162 Å². The molecule has 2 aromatic rings. The van der Waals surface area contributed by atoms with Gasteiger partial charge < -0.3 is 15.5 Å². The summed E-state index contributed by atoms with van der Waals surface area (Å²) < 4.78 is 0. The Kier molecular flexibility index (Phi) is 7.08. The van der Waals surface area contributed by atoms with E-state index in [1.807, 2.05) is 6.20 Å². The van der Waals surface area contributed by atoms with Crippen molar-refractivity contribution >= 4 is 11.8 Å². The van der Waals surface area contributed by atoms with E-state index in [1.165, 1.54) is 36.8 Å². The first kappa shape index (κ1) is 19.2. The first-order valence-corrected chi connectivity index (χ1v) is 9.94. The highest BCUT2D eigenvalue weighted by Gasteiger charge is 2.10. The van der Waals surface area contributed by atoms with Gasteiger partial charge in [0.25, 0.3) is 0 Å². The van der Waals surface area contributed by atoms with Gasteiger partial charge in [0.1, 0.15) is 5.82 Å². The van der Waals surface area contributed by atoms with Crippen LogP contribution in [0.2, 0.25) is 0 Å². The fraction of sp³-hybridized carbons (Fsp3) is 0.455. The van der Waals surface area contributed by atoms with E-state index in [2.05, 4.69) is 68.8 Å². The fourth-order valence-corrected chi connectivity index (χ4v) is 3.42. The van der Waals surface area contributed by atoms with Crippen LogP contribution in [0, 0.1) is 6.92 Å². The van der Waals surface area contributed by atoms with Crippen LogP contribution in [0.3, 0.4) is 0 Å². The van der Waals surface area contributed by atoms with Crippen LogP contribution in [0.4, 0.5) is 5.82 Å². The van der Waals surface area contributed by atoms with Gasteiger partial charge in [-0.2, -0.15) is 0 Å². The number of nitrogens with zero attached hydrogens (tertiary/aromatic N) is 3. The summed E-state index contributed by atoms with van der Waals surface area (Å²) >= 11 is 0. The van der Waals surface area contributed by atoms with E-state index in [9.17, 15) is 0 Å². The number of benzene rings is 1. The van der Waals surface area contributed by atoms with Crippen molar-refractivity contribution in [2.24, 2.45) is 4.99 Å². The number of aromatic nitrogens is 1. The maximum absolute atomic E-state index is 4.68. The SMILES string of the molecule is CN=C(NCc1ccc(N2CCCCCC2)nc1)NCc1cccc(C)c1. The number of pyridine rings is 1. The smallest absolute Gasteiger partial charge is 0.191 e. The van der Waals surface area contributed by atoms with Gasteiger partial charge in [0.2, 0.25) is 0 Å². The zero-order valence-corrected chi connectivity index (χ0v) is 16.5. The minimum Gasteiger partial charge on any atom is -0.357 e. The maximum atomic E-state index is 4.68. The van der Waals surface area contributed by atoms with E-state index in [-0.39, 0.29) is 0 Å². The summed E-state index contributed by atoms with van der Waals surface area (Å²) in [5.41, 5.74) is 3.68. The van der Waals surface area contributed by atoms with Crippen LogP contribution >= 0.6 is 0 Å².